The van der Waals surface area contributed by atoms with Gasteiger partial charge in [-0.3, -0.25) is 9.82 Å². The Kier molecular flexibility index (Phi) is 3.28. The van der Waals surface area contributed by atoms with Crippen LogP contribution in [0.3, 0.4) is 0 Å². The van der Waals surface area contributed by atoms with Crippen LogP contribution in [0.5, 0.6) is 0 Å². The lowest BCUT2D eigenvalue weighted by Crippen LogP contribution is -2.15. The van der Waals surface area contributed by atoms with Crippen LogP contribution in [0, 0.1) is 0 Å². The second kappa shape index (κ2) is 4.59. The van der Waals surface area contributed by atoms with E-state index in [2.05, 4.69) is 24.9 Å². The summed E-state index contributed by atoms with van der Waals surface area (Å²) in [4.78, 5) is 7.01. The molecule has 4 N–H and O–H groups in total. The maximum absolute atomic E-state index is 12.0. The van der Waals surface area contributed by atoms with Crippen LogP contribution in [-0.2, 0) is 10.0 Å². The lowest BCUT2D eigenvalue weighted by molar-refractivity contribution is 0.601. The summed E-state index contributed by atoms with van der Waals surface area (Å²) in [5, 5.41) is 5.56. The lowest BCUT2D eigenvalue weighted by Gasteiger charge is -2.08. The summed E-state index contributed by atoms with van der Waals surface area (Å²) in [6, 6.07) is 0. The zero-order chi connectivity index (χ0) is 13.3. The predicted molar refractivity (Wildman–Crippen MR) is 65.9 cm³/mol. The van der Waals surface area contributed by atoms with Gasteiger partial charge in [0, 0.05) is 0 Å². The third kappa shape index (κ3) is 2.33. The highest BCUT2D eigenvalue weighted by Gasteiger charge is 2.22. The Balaban J connectivity index is 2.44. The molecule has 0 saturated heterocycles. The number of anilines is 2. The van der Waals surface area contributed by atoms with E-state index in [0.717, 1.165) is 12.5 Å². The molecule has 0 aliphatic carbocycles. The minimum absolute atomic E-state index is 0.105. The van der Waals surface area contributed by atoms with Crippen molar-refractivity contribution in [1.82, 2.24) is 20.2 Å². The maximum atomic E-state index is 12.0. The minimum atomic E-state index is -3.96. The first kappa shape index (κ1) is 12.9. The summed E-state index contributed by atoms with van der Waals surface area (Å²) in [7, 11) is -3.96. The molecule has 8 nitrogen and oxygen atoms in total. The van der Waals surface area contributed by atoms with E-state index in [-0.39, 0.29) is 26.7 Å². The van der Waals surface area contributed by atoms with Crippen molar-refractivity contribution in [2.75, 3.05) is 10.5 Å². The number of aromatic nitrogens is 4. The van der Waals surface area contributed by atoms with Crippen LogP contribution in [0.4, 0.5) is 11.5 Å². The predicted octanol–water partition coefficient (Wildman–Crippen LogP) is 0.889. The van der Waals surface area contributed by atoms with Crippen molar-refractivity contribution in [3.63, 3.8) is 0 Å². The summed E-state index contributed by atoms with van der Waals surface area (Å²) in [6.07, 6.45) is 2.16. The van der Waals surface area contributed by atoms with Gasteiger partial charge in [0.1, 0.15) is 22.7 Å². The van der Waals surface area contributed by atoms with Gasteiger partial charge in [-0.25, -0.2) is 18.4 Å². The summed E-state index contributed by atoms with van der Waals surface area (Å²) in [6.45, 7) is 0. The molecule has 0 spiro atoms. The van der Waals surface area contributed by atoms with Crippen molar-refractivity contribution in [1.29, 1.82) is 0 Å². The van der Waals surface area contributed by atoms with Gasteiger partial charge in [0.2, 0.25) is 0 Å². The number of nitrogens with one attached hydrogen (secondary N) is 2. The summed E-state index contributed by atoms with van der Waals surface area (Å²) in [5.74, 6) is -0.105. The van der Waals surface area contributed by atoms with Crippen molar-refractivity contribution in [2.45, 2.75) is 4.90 Å². The highest BCUT2D eigenvalue weighted by atomic mass is 35.5. The van der Waals surface area contributed by atoms with Crippen LogP contribution in [0.1, 0.15) is 0 Å². The van der Waals surface area contributed by atoms with E-state index in [1.165, 1.54) is 0 Å². The molecule has 0 amide bonds. The molecule has 2 heterocycles. The van der Waals surface area contributed by atoms with Crippen molar-refractivity contribution in [2.24, 2.45) is 0 Å². The Bertz CT molecular complexity index is 665. The standard InChI is InChI=1S/C7H6Cl2N6O2S/c8-5-4(6(9)12-2-11-5)15-18(16,17)3-1-13-14-7(3)10/h1-2,15H,(H3,10,13,14). The molecular weight excluding hydrogens is 303 g/mol. The molecule has 0 aliphatic heterocycles. The maximum Gasteiger partial charge on any atom is 0.267 e. The van der Waals surface area contributed by atoms with E-state index in [1.54, 1.807) is 0 Å². The largest absolute Gasteiger partial charge is 0.383 e. The van der Waals surface area contributed by atoms with Gasteiger partial charge < -0.3 is 5.73 Å². The lowest BCUT2D eigenvalue weighted by atomic mass is 10.6. The monoisotopic (exact) mass is 308 g/mol. The number of rotatable bonds is 3. The molecule has 0 atom stereocenters. The fourth-order valence-corrected chi connectivity index (χ4v) is 2.74. The number of nitrogens with two attached hydrogens (primary N) is 1. The van der Waals surface area contributed by atoms with Gasteiger partial charge in [0.25, 0.3) is 10.0 Å². The summed E-state index contributed by atoms with van der Waals surface area (Å²) >= 11 is 11.4. The van der Waals surface area contributed by atoms with E-state index >= 15 is 0 Å². The van der Waals surface area contributed by atoms with Crippen molar-refractivity contribution >= 4 is 44.7 Å². The van der Waals surface area contributed by atoms with Gasteiger partial charge in [0.15, 0.2) is 10.3 Å². The molecule has 0 aromatic carbocycles. The number of hydrogen-bond acceptors (Lipinski definition) is 6. The first-order valence-electron chi connectivity index (χ1n) is 4.39. The average molecular weight is 309 g/mol. The number of nitrogen functional groups attached to an aromatic ring is 1. The second-order valence-corrected chi connectivity index (χ2v) is 5.45. The van der Waals surface area contributed by atoms with Crippen LogP contribution in [0.2, 0.25) is 10.3 Å². The molecule has 2 rings (SSSR count). The zero-order valence-corrected chi connectivity index (χ0v) is 10.9. The Labute approximate surface area is 112 Å². The van der Waals surface area contributed by atoms with Crippen LogP contribution >= 0.6 is 23.2 Å². The molecule has 96 valence electrons. The quantitative estimate of drug-likeness (QED) is 0.723. The Hall–Kier alpha value is -1.58. The smallest absolute Gasteiger partial charge is 0.267 e. The van der Waals surface area contributed by atoms with Gasteiger partial charge in [-0.1, -0.05) is 23.2 Å². The van der Waals surface area contributed by atoms with E-state index in [1.807, 2.05) is 0 Å². The molecule has 0 unspecified atom stereocenters. The number of aromatic amines is 1. The van der Waals surface area contributed by atoms with Crippen molar-refractivity contribution in [3.8, 4) is 0 Å². The normalized spacial score (nSPS) is 11.4. The van der Waals surface area contributed by atoms with Gasteiger partial charge >= 0.3 is 0 Å². The van der Waals surface area contributed by atoms with Gasteiger partial charge in [-0.15, -0.1) is 0 Å². The Morgan fingerprint density at radius 3 is 2.39 bits per heavy atom. The van der Waals surface area contributed by atoms with Crippen LogP contribution < -0.4 is 10.5 Å². The third-order valence-corrected chi connectivity index (χ3v) is 3.86. The van der Waals surface area contributed by atoms with Crippen LogP contribution in [0.25, 0.3) is 0 Å². The number of H-pyrrole nitrogens is 1. The topological polar surface area (TPSA) is 127 Å². The van der Waals surface area contributed by atoms with Crippen molar-refractivity contribution in [3.05, 3.63) is 22.8 Å². The number of nitrogens with zero attached hydrogens (tertiary/aromatic N) is 3. The molecule has 2 aromatic rings. The molecule has 11 heteroatoms. The molecule has 0 saturated carbocycles. The van der Waals surface area contributed by atoms with E-state index < -0.39 is 10.0 Å². The highest BCUT2D eigenvalue weighted by Crippen LogP contribution is 2.28. The van der Waals surface area contributed by atoms with Gasteiger partial charge in [-0.2, -0.15) is 5.10 Å². The SMILES string of the molecule is Nc1[nH]ncc1S(=O)(=O)Nc1c(Cl)ncnc1Cl. The van der Waals surface area contributed by atoms with Crippen LogP contribution in [-0.4, -0.2) is 28.6 Å². The van der Waals surface area contributed by atoms with Crippen LogP contribution in [0.15, 0.2) is 17.4 Å². The highest BCUT2D eigenvalue weighted by molar-refractivity contribution is 7.92. The Morgan fingerprint density at radius 2 is 1.89 bits per heavy atom. The molecule has 2 aromatic heterocycles. The summed E-state index contributed by atoms with van der Waals surface area (Å²) < 4.78 is 26.1. The minimum Gasteiger partial charge on any atom is -0.383 e. The zero-order valence-electron chi connectivity index (χ0n) is 8.55. The number of halogens is 2. The molecule has 0 fully saturated rings. The summed E-state index contributed by atoms with van der Waals surface area (Å²) in [5.41, 5.74) is 5.30. The van der Waals surface area contributed by atoms with Gasteiger partial charge in [0.05, 0.1) is 6.20 Å². The second-order valence-electron chi connectivity index (χ2n) is 3.08. The van der Waals surface area contributed by atoms with E-state index in [4.69, 9.17) is 28.9 Å². The van der Waals surface area contributed by atoms with E-state index in [0.29, 0.717) is 0 Å². The molecule has 0 aliphatic rings. The molecular formula is C7H6Cl2N6O2S. The fourth-order valence-electron chi connectivity index (χ4n) is 1.12. The molecule has 0 bridgehead atoms. The number of hydrogen-bond donors (Lipinski definition) is 3. The third-order valence-electron chi connectivity index (χ3n) is 1.91. The first-order valence-corrected chi connectivity index (χ1v) is 6.63. The van der Waals surface area contributed by atoms with E-state index in [9.17, 15) is 8.42 Å². The van der Waals surface area contributed by atoms with Gasteiger partial charge in [-0.05, 0) is 0 Å². The molecule has 0 radical (unpaired) electrons. The Morgan fingerprint density at radius 1 is 1.28 bits per heavy atom. The first-order chi connectivity index (χ1) is 8.42. The average Bonchev–Trinajstić information content (AvgIpc) is 2.71. The fraction of sp³-hybridized carbons (Fsp3) is 0. The number of sulfonamides is 1. The van der Waals surface area contributed by atoms with Crippen molar-refractivity contribution < 1.29 is 8.42 Å². The molecule has 18 heavy (non-hydrogen) atoms.